The lowest BCUT2D eigenvalue weighted by molar-refractivity contribution is -0.570. The Labute approximate surface area is 411 Å². The number of fused-ring (bicyclic) bond motifs is 14. The number of nitrogens with zero attached hydrogens (tertiary/aromatic N) is 4. The molecule has 0 N–H and O–H groups in total. The van der Waals surface area contributed by atoms with E-state index in [1.54, 1.807) is 0 Å². The second-order valence-corrected chi connectivity index (χ2v) is 18.9. The van der Waals surface area contributed by atoms with E-state index in [0.717, 1.165) is 99.7 Å². The van der Waals surface area contributed by atoms with Gasteiger partial charge in [-0.15, -0.1) is 0 Å². The molecule has 0 saturated carbocycles. The summed E-state index contributed by atoms with van der Waals surface area (Å²) in [6, 6.07) is 57.6. The zero-order valence-electron chi connectivity index (χ0n) is 43.4. The summed E-state index contributed by atoms with van der Waals surface area (Å²) in [5.41, 5.74) is 14.0. The molecule has 13 aromatic rings. The first-order chi connectivity index (χ1) is 36.4. The van der Waals surface area contributed by atoms with E-state index < -0.39 is 18.1 Å². The highest BCUT2D eigenvalue weighted by atomic mass is 16.5. The zero-order valence-corrected chi connectivity index (χ0v) is 38.4. The standard InChI is InChI=1S/C64H44N4O2/c1-64(2,3)41-34-35-65-59(36-41)68-55-33-32-53-50-24-11-12-29-58(50)70-63(53)60(55)54-31-30-44(38-57(54)68)69-43-19-13-18-42(37-43)66-39-67-61-45(40-16-5-4-6-17-40)25-14-26-51(61)48-22-9-7-20-46(48)47-21-8-10-23-49(47)52-27-15-28-56(66)62(52)67/h4-38H,1-3H3/i4D,5D,6D,16D,17D. The van der Waals surface area contributed by atoms with Crippen LogP contribution in [-0.2, 0) is 5.41 Å². The minimum atomic E-state index is -0.445. The van der Waals surface area contributed by atoms with Crippen LogP contribution in [0.25, 0.3) is 116 Å². The van der Waals surface area contributed by atoms with Crippen LogP contribution in [0.3, 0.4) is 0 Å². The molecule has 1 aliphatic rings. The van der Waals surface area contributed by atoms with Crippen molar-refractivity contribution in [2.75, 3.05) is 0 Å². The number of imidazole rings is 1. The first-order valence-corrected chi connectivity index (χ1v) is 23.5. The Kier molecular flexibility index (Phi) is 7.67. The molecule has 6 heteroatoms. The fourth-order valence-corrected chi connectivity index (χ4v) is 10.6. The monoisotopic (exact) mass is 905 g/mol. The summed E-state index contributed by atoms with van der Waals surface area (Å²) in [5.74, 6) is 2.02. The molecule has 0 atom stereocenters. The summed E-state index contributed by atoms with van der Waals surface area (Å²) in [5, 5.41) is 4.12. The van der Waals surface area contributed by atoms with Gasteiger partial charge in [0.05, 0.1) is 45.7 Å². The first kappa shape index (κ1) is 35.2. The van der Waals surface area contributed by atoms with Gasteiger partial charge in [-0.3, -0.25) is 13.7 Å². The Morgan fingerprint density at radius 3 is 2.06 bits per heavy atom. The van der Waals surface area contributed by atoms with Gasteiger partial charge in [0.1, 0.15) is 28.5 Å². The molecule has 332 valence electrons. The largest absolute Gasteiger partial charge is 0.458 e. The van der Waals surface area contributed by atoms with Gasteiger partial charge in [-0.2, -0.15) is 0 Å². The quantitative estimate of drug-likeness (QED) is 0.128. The highest BCUT2D eigenvalue weighted by Crippen LogP contribution is 2.46. The fourth-order valence-electron chi connectivity index (χ4n) is 10.6. The van der Waals surface area contributed by atoms with Crippen molar-refractivity contribution in [3.63, 3.8) is 0 Å². The van der Waals surface area contributed by atoms with E-state index in [4.69, 9.17) is 18.3 Å². The second-order valence-electron chi connectivity index (χ2n) is 18.9. The maximum atomic E-state index is 9.22. The lowest BCUT2D eigenvalue weighted by Crippen LogP contribution is -2.32. The summed E-state index contributed by atoms with van der Waals surface area (Å²) in [7, 11) is 0. The molecule has 14 rings (SSSR count). The van der Waals surface area contributed by atoms with Gasteiger partial charge < -0.3 is 9.15 Å². The van der Waals surface area contributed by atoms with Gasteiger partial charge in [-0.1, -0.05) is 160 Å². The van der Waals surface area contributed by atoms with Crippen LogP contribution >= 0.6 is 0 Å². The average Bonchev–Trinajstić information content (AvgIpc) is 4.24. The number of rotatable bonds is 5. The van der Waals surface area contributed by atoms with E-state index in [2.05, 4.69) is 117 Å². The Morgan fingerprint density at radius 2 is 1.24 bits per heavy atom. The zero-order chi connectivity index (χ0) is 51.0. The van der Waals surface area contributed by atoms with Crippen molar-refractivity contribution in [2.45, 2.75) is 26.2 Å². The maximum absolute atomic E-state index is 9.22. The van der Waals surface area contributed by atoms with Crippen LogP contribution in [0.1, 0.15) is 33.2 Å². The Bertz CT molecular complexity index is 4550. The van der Waals surface area contributed by atoms with E-state index >= 15 is 0 Å². The highest BCUT2D eigenvalue weighted by molar-refractivity contribution is 6.24. The van der Waals surface area contributed by atoms with Crippen LogP contribution in [0.5, 0.6) is 11.5 Å². The third-order valence-corrected chi connectivity index (χ3v) is 13.8. The van der Waals surface area contributed by atoms with Gasteiger partial charge in [-0.25, -0.2) is 4.98 Å². The Balaban J connectivity index is 0.968. The number of furan rings is 1. The smallest absolute Gasteiger partial charge is 0.269 e. The van der Waals surface area contributed by atoms with Crippen LogP contribution in [0.15, 0.2) is 217 Å². The second kappa shape index (κ2) is 15.3. The molecule has 0 radical (unpaired) electrons. The highest BCUT2D eigenvalue weighted by Gasteiger charge is 2.27. The van der Waals surface area contributed by atoms with Gasteiger partial charge in [0.15, 0.2) is 0 Å². The predicted octanol–water partition coefficient (Wildman–Crippen LogP) is 16.2. The fraction of sp³-hybridized carbons (Fsp3) is 0.0625. The molecule has 4 aromatic heterocycles. The third kappa shape index (κ3) is 6.13. The minimum absolute atomic E-state index is 0.105. The summed E-state index contributed by atoms with van der Waals surface area (Å²) >= 11 is 0. The molecule has 9 aromatic carbocycles. The summed E-state index contributed by atoms with van der Waals surface area (Å²) in [6.07, 6.45) is 5.63. The van der Waals surface area contributed by atoms with Gasteiger partial charge in [0, 0.05) is 28.4 Å². The van der Waals surface area contributed by atoms with E-state index in [1.165, 1.54) is 5.56 Å². The van der Waals surface area contributed by atoms with Crippen molar-refractivity contribution in [1.29, 1.82) is 0 Å². The Morgan fingerprint density at radius 1 is 0.571 bits per heavy atom. The van der Waals surface area contributed by atoms with E-state index in [1.807, 2.05) is 106 Å². The number of hydrogen-bond donors (Lipinski definition) is 0. The van der Waals surface area contributed by atoms with Crippen molar-refractivity contribution >= 4 is 54.8 Å². The van der Waals surface area contributed by atoms with Crippen LogP contribution in [0, 0.1) is 6.33 Å². The van der Waals surface area contributed by atoms with Crippen molar-refractivity contribution in [1.82, 2.24) is 14.1 Å². The summed E-state index contributed by atoms with van der Waals surface area (Å²) in [6.45, 7) is 6.62. The minimum Gasteiger partial charge on any atom is -0.458 e. The molecule has 0 spiro atoms. The average molecular weight is 906 g/mol. The van der Waals surface area contributed by atoms with Crippen molar-refractivity contribution in [3.05, 3.63) is 224 Å². The Hall–Kier alpha value is -9.00. The molecule has 0 bridgehead atoms. The topological polar surface area (TPSA) is 49.0 Å². The molecule has 6 nitrogen and oxygen atoms in total. The lowest BCUT2D eigenvalue weighted by Gasteiger charge is -2.20. The molecule has 0 unspecified atom stereocenters. The molecular weight excluding hydrogens is 857 g/mol. The van der Waals surface area contributed by atoms with Gasteiger partial charge in [-0.05, 0) is 116 Å². The van der Waals surface area contributed by atoms with Crippen molar-refractivity contribution in [2.24, 2.45) is 0 Å². The third-order valence-electron chi connectivity index (χ3n) is 13.8. The van der Waals surface area contributed by atoms with Gasteiger partial charge in [0.25, 0.3) is 6.33 Å². The molecule has 0 fully saturated rings. The number of aromatic nitrogens is 4. The van der Waals surface area contributed by atoms with Crippen LogP contribution < -0.4 is 9.30 Å². The summed E-state index contributed by atoms with van der Waals surface area (Å²) in [4.78, 5) is 4.96. The first-order valence-electron chi connectivity index (χ1n) is 26.0. The number of benzene rings is 9. The number of ether oxygens (including phenoxy) is 1. The predicted molar refractivity (Wildman–Crippen MR) is 284 cm³/mol. The van der Waals surface area contributed by atoms with E-state index in [9.17, 15) is 2.74 Å². The van der Waals surface area contributed by atoms with Gasteiger partial charge >= 0.3 is 0 Å². The van der Waals surface area contributed by atoms with Crippen LogP contribution in [0.2, 0.25) is 0 Å². The van der Waals surface area contributed by atoms with Crippen molar-refractivity contribution < 1.29 is 20.6 Å². The molecule has 1 aliphatic heterocycles. The van der Waals surface area contributed by atoms with Gasteiger partial charge in [0.2, 0.25) is 0 Å². The number of pyridine rings is 1. The molecule has 0 saturated heterocycles. The van der Waals surface area contributed by atoms with Crippen molar-refractivity contribution in [3.8, 4) is 73.2 Å². The SMILES string of the molecule is [2H]c1c([2H])c([2H])c(-c2cccc3c2-[n+]2[c-]n(-c4cccc(Oc5ccc6c7c8oc9ccccc9c8ccc7n(-c7cc(C(C)(C)C)ccn7)c6c5)c4)c4cccc(c42)-c2ccccc2-c2ccccc2-3)c([2H])c1[2H]. The molecule has 0 amide bonds. The van der Waals surface area contributed by atoms with Crippen LogP contribution in [0.4, 0.5) is 0 Å². The number of hydrogen-bond acceptors (Lipinski definition) is 3. The normalized spacial score (nSPS) is 13.2. The molecule has 0 aliphatic carbocycles. The summed E-state index contributed by atoms with van der Waals surface area (Å²) < 4.78 is 64.1. The number of para-hydroxylation sites is 3. The molecular formula is C64H44N4O2. The van der Waals surface area contributed by atoms with E-state index in [-0.39, 0.29) is 23.1 Å². The molecule has 70 heavy (non-hydrogen) atoms. The molecule has 5 heterocycles. The lowest BCUT2D eigenvalue weighted by atomic mass is 9.88. The maximum Gasteiger partial charge on any atom is 0.269 e. The van der Waals surface area contributed by atoms with Crippen LogP contribution in [-0.4, -0.2) is 14.1 Å². The van der Waals surface area contributed by atoms with E-state index in [0.29, 0.717) is 22.7 Å².